The Bertz CT molecular complexity index is 441. The van der Waals surface area contributed by atoms with Crippen LogP contribution >= 0.6 is 11.6 Å². The Morgan fingerprint density at radius 2 is 2.13 bits per heavy atom. The summed E-state index contributed by atoms with van der Waals surface area (Å²) in [4.78, 5) is 7.92. The molecule has 0 atom stereocenters. The van der Waals surface area contributed by atoms with Crippen LogP contribution in [-0.2, 0) is 5.88 Å². The fraction of sp³-hybridized carbons (Fsp3) is 0.222. The van der Waals surface area contributed by atoms with Crippen LogP contribution in [0.2, 0.25) is 0 Å². The molecule has 15 heavy (non-hydrogen) atoms. The van der Waals surface area contributed by atoms with E-state index >= 15 is 0 Å². The Balaban J connectivity index is 2.28. The van der Waals surface area contributed by atoms with Crippen LogP contribution in [0.4, 0.5) is 0 Å². The minimum absolute atomic E-state index is 0.296. The van der Waals surface area contributed by atoms with Gasteiger partial charge in [0.2, 0.25) is 0 Å². The smallest absolute Gasteiger partial charge is 0.316 e. The van der Waals surface area contributed by atoms with Gasteiger partial charge in [-0.25, -0.2) is 9.97 Å². The summed E-state index contributed by atoms with van der Waals surface area (Å²) in [6.07, 6.45) is 3.23. The molecule has 0 bridgehead atoms. The second-order valence-corrected chi connectivity index (χ2v) is 3.04. The van der Waals surface area contributed by atoms with E-state index in [0.717, 1.165) is 5.56 Å². The topological polar surface area (TPSA) is 61.0 Å². The standard InChI is InChI=1S/C9H8ClN3O2/c1-14-9-11-4-6(5-12-9)8-2-7(3-10)15-13-8/h2,4-5H,3H2,1H3. The fourth-order valence-electron chi connectivity index (χ4n) is 1.07. The lowest BCUT2D eigenvalue weighted by Crippen LogP contribution is -1.91. The Labute approximate surface area is 91.0 Å². The Hall–Kier alpha value is -1.62. The summed E-state index contributed by atoms with van der Waals surface area (Å²) in [5, 5.41) is 3.83. The van der Waals surface area contributed by atoms with E-state index in [4.69, 9.17) is 20.9 Å². The molecule has 0 fully saturated rings. The molecule has 0 aliphatic heterocycles. The number of aromatic nitrogens is 3. The zero-order valence-corrected chi connectivity index (χ0v) is 8.73. The van der Waals surface area contributed by atoms with Crippen LogP contribution in [0.1, 0.15) is 5.76 Å². The predicted octanol–water partition coefficient (Wildman–Crippen LogP) is 1.88. The molecule has 2 heterocycles. The molecular weight excluding hydrogens is 218 g/mol. The first-order valence-electron chi connectivity index (χ1n) is 4.21. The van der Waals surface area contributed by atoms with Crippen molar-refractivity contribution in [3.63, 3.8) is 0 Å². The fourth-order valence-corrected chi connectivity index (χ4v) is 1.19. The highest BCUT2D eigenvalue weighted by molar-refractivity contribution is 6.16. The molecule has 0 aliphatic carbocycles. The molecule has 0 radical (unpaired) electrons. The highest BCUT2D eigenvalue weighted by Gasteiger charge is 2.06. The molecule has 2 aromatic heterocycles. The molecule has 2 rings (SSSR count). The minimum atomic E-state index is 0.296. The van der Waals surface area contributed by atoms with Crippen LogP contribution < -0.4 is 4.74 Å². The number of halogens is 1. The van der Waals surface area contributed by atoms with Gasteiger partial charge in [-0.1, -0.05) is 5.16 Å². The third-order valence-corrected chi connectivity index (χ3v) is 2.06. The first kappa shape index (κ1) is 9.92. The van der Waals surface area contributed by atoms with Crippen molar-refractivity contribution in [1.29, 1.82) is 0 Å². The average Bonchev–Trinajstić information content (AvgIpc) is 2.78. The van der Waals surface area contributed by atoms with Gasteiger partial charge in [0.05, 0.1) is 13.0 Å². The van der Waals surface area contributed by atoms with Crippen LogP contribution in [0.15, 0.2) is 23.0 Å². The molecule has 0 saturated carbocycles. The summed E-state index contributed by atoms with van der Waals surface area (Å²) in [6.45, 7) is 0. The van der Waals surface area contributed by atoms with Crippen LogP contribution in [0, 0.1) is 0 Å². The van der Waals surface area contributed by atoms with Crippen molar-refractivity contribution in [2.24, 2.45) is 0 Å². The average molecular weight is 226 g/mol. The third kappa shape index (κ3) is 2.07. The normalized spacial score (nSPS) is 10.3. The molecular formula is C9H8ClN3O2. The van der Waals surface area contributed by atoms with Crippen molar-refractivity contribution in [3.05, 3.63) is 24.2 Å². The number of hydrogen-bond donors (Lipinski definition) is 0. The predicted molar refractivity (Wildman–Crippen MR) is 53.6 cm³/mol. The van der Waals surface area contributed by atoms with Crippen LogP contribution in [-0.4, -0.2) is 22.2 Å². The zero-order chi connectivity index (χ0) is 10.7. The highest BCUT2D eigenvalue weighted by Crippen LogP contribution is 2.19. The van der Waals surface area contributed by atoms with E-state index in [1.165, 1.54) is 7.11 Å². The molecule has 0 unspecified atom stereocenters. The Morgan fingerprint density at radius 3 is 2.67 bits per heavy atom. The summed E-state index contributed by atoms with van der Waals surface area (Å²) in [7, 11) is 1.51. The lowest BCUT2D eigenvalue weighted by molar-refractivity contribution is 0.379. The van der Waals surface area contributed by atoms with Crippen LogP contribution in [0.25, 0.3) is 11.3 Å². The molecule has 78 valence electrons. The molecule has 0 amide bonds. The van der Waals surface area contributed by atoms with Crippen molar-refractivity contribution in [2.45, 2.75) is 5.88 Å². The number of ether oxygens (including phenoxy) is 1. The number of nitrogens with zero attached hydrogens (tertiary/aromatic N) is 3. The summed E-state index contributed by atoms with van der Waals surface area (Å²) in [5.74, 6) is 0.909. The Kier molecular flexibility index (Phi) is 2.82. The van der Waals surface area contributed by atoms with Crippen molar-refractivity contribution in [3.8, 4) is 17.3 Å². The first-order valence-corrected chi connectivity index (χ1v) is 4.75. The molecule has 0 N–H and O–H groups in total. The monoisotopic (exact) mass is 225 g/mol. The van der Waals surface area contributed by atoms with Gasteiger partial charge >= 0.3 is 6.01 Å². The molecule has 0 saturated heterocycles. The number of hydrogen-bond acceptors (Lipinski definition) is 5. The van der Waals surface area contributed by atoms with Crippen LogP contribution in [0.5, 0.6) is 6.01 Å². The second-order valence-electron chi connectivity index (χ2n) is 2.77. The number of methoxy groups -OCH3 is 1. The van der Waals surface area contributed by atoms with E-state index in [-0.39, 0.29) is 0 Å². The first-order chi connectivity index (χ1) is 7.33. The van der Waals surface area contributed by atoms with E-state index < -0.39 is 0 Å². The van der Waals surface area contributed by atoms with Gasteiger partial charge in [0, 0.05) is 24.0 Å². The van der Waals surface area contributed by atoms with E-state index in [1.54, 1.807) is 18.5 Å². The maximum absolute atomic E-state index is 5.59. The molecule has 5 nitrogen and oxygen atoms in total. The number of alkyl halides is 1. The van der Waals surface area contributed by atoms with Gasteiger partial charge in [0.1, 0.15) is 5.69 Å². The summed E-state index contributed by atoms with van der Waals surface area (Å²) < 4.78 is 9.80. The highest BCUT2D eigenvalue weighted by atomic mass is 35.5. The largest absolute Gasteiger partial charge is 0.467 e. The van der Waals surface area contributed by atoms with Gasteiger partial charge in [-0.05, 0) is 0 Å². The molecule has 0 aromatic carbocycles. The van der Waals surface area contributed by atoms with Gasteiger partial charge < -0.3 is 9.26 Å². The third-order valence-electron chi connectivity index (χ3n) is 1.80. The van der Waals surface area contributed by atoms with E-state index in [9.17, 15) is 0 Å². The van der Waals surface area contributed by atoms with Gasteiger partial charge in [-0.2, -0.15) is 0 Å². The quantitative estimate of drug-likeness (QED) is 0.747. The van der Waals surface area contributed by atoms with Crippen molar-refractivity contribution >= 4 is 11.6 Å². The summed E-state index contributed by atoms with van der Waals surface area (Å²) in [6, 6.07) is 2.07. The maximum atomic E-state index is 5.59. The van der Waals surface area contributed by atoms with Gasteiger partial charge in [-0.15, -0.1) is 11.6 Å². The lowest BCUT2D eigenvalue weighted by atomic mass is 10.2. The molecule has 6 heteroatoms. The van der Waals surface area contributed by atoms with Gasteiger partial charge in [-0.3, -0.25) is 0 Å². The lowest BCUT2D eigenvalue weighted by Gasteiger charge is -1.96. The van der Waals surface area contributed by atoms with Crippen molar-refractivity contribution in [1.82, 2.24) is 15.1 Å². The summed E-state index contributed by atoms with van der Waals surface area (Å²) in [5.41, 5.74) is 1.42. The van der Waals surface area contributed by atoms with E-state index in [1.807, 2.05) is 0 Å². The minimum Gasteiger partial charge on any atom is -0.467 e. The van der Waals surface area contributed by atoms with Gasteiger partial charge in [0.15, 0.2) is 5.76 Å². The maximum Gasteiger partial charge on any atom is 0.316 e. The summed E-state index contributed by atoms with van der Waals surface area (Å²) >= 11 is 5.59. The van der Waals surface area contributed by atoms with Crippen molar-refractivity contribution in [2.75, 3.05) is 7.11 Å². The van der Waals surface area contributed by atoms with Crippen LogP contribution in [0.3, 0.4) is 0 Å². The van der Waals surface area contributed by atoms with E-state index in [0.29, 0.717) is 23.3 Å². The SMILES string of the molecule is COc1ncc(-c2cc(CCl)on2)cn1. The zero-order valence-electron chi connectivity index (χ0n) is 7.98. The van der Waals surface area contributed by atoms with Gasteiger partial charge in [0.25, 0.3) is 0 Å². The van der Waals surface area contributed by atoms with Crippen molar-refractivity contribution < 1.29 is 9.26 Å². The number of rotatable bonds is 3. The molecule has 2 aromatic rings. The molecule has 0 spiro atoms. The second kappa shape index (κ2) is 4.27. The Morgan fingerprint density at radius 1 is 1.40 bits per heavy atom. The van der Waals surface area contributed by atoms with E-state index in [2.05, 4.69) is 15.1 Å². The molecule has 0 aliphatic rings.